The lowest BCUT2D eigenvalue weighted by Gasteiger charge is -2.19. The van der Waals surface area contributed by atoms with Crippen LogP contribution in [0, 0.1) is 12.7 Å². The highest BCUT2D eigenvalue weighted by Crippen LogP contribution is 2.17. The molecule has 0 aromatic heterocycles. The fraction of sp³-hybridized carbons (Fsp3) is 0.538. The zero-order valence-corrected chi connectivity index (χ0v) is 10.5. The lowest BCUT2D eigenvalue weighted by atomic mass is 10.1. The second-order valence-corrected chi connectivity index (χ2v) is 4.21. The summed E-state index contributed by atoms with van der Waals surface area (Å²) in [5.74, 6) is -0.223. The SMILES string of the molecule is COCC(CCCN)Nc1ccc(C)cc1F. The summed E-state index contributed by atoms with van der Waals surface area (Å²) in [4.78, 5) is 0. The Morgan fingerprint density at radius 3 is 2.82 bits per heavy atom. The average Bonchev–Trinajstić information content (AvgIpc) is 2.29. The molecular weight excluding hydrogens is 219 g/mol. The highest BCUT2D eigenvalue weighted by atomic mass is 19.1. The van der Waals surface area contributed by atoms with E-state index in [1.807, 2.05) is 13.0 Å². The number of benzene rings is 1. The summed E-state index contributed by atoms with van der Waals surface area (Å²) in [6, 6.07) is 5.27. The second kappa shape index (κ2) is 7.25. The smallest absolute Gasteiger partial charge is 0.146 e. The fourth-order valence-corrected chi connectivity index (χ4v) is 1.72. The molecule has 0 aliphatic carbocycles. The van der Waals surface area contributed by atoms with E-state index in [2.05, 4.69) is 5.32 Å². The summed E-state index contributed by atoms with van der Waals surface area (Å²) in [5.41, 5.74) is 6.91. The summed E-state index contributed by atoms with van der Waals surface area (Å²) in [6.07, 6.45) is 1.77. The van der Waals surface area contributed by atoms with Crippen molar-refractivity contribution in [1.29, 1.82) is 0 Å². The Labute approximate surface area is 102 Å². The van der Waals surface area contributed by atoms with Crippen LogP contribution in [0.25, 0.3) is 0 Å². The van der Waals surface area contributed by atoms with E-state index in [1.165, 1.54) is 6.07 Å². The molecule has 0 saturated heterocycles. The molecule has 1 aromatic rings. The molecule has 17 heavy (non-hydrogen) atoms. The van der Waals surface area contributed by atoms with Crippen molar-refractivity contribution < 1.29 is 9.13 Å². The van der Waals surface area contributed by atoms with E-state index < -0.39 is 0 Å². The lowest BCUT2D eigenvalue weighted by molar-refractivity contribution is 0.182. The van der Waals surface area contributed by atoms with Crippen LogP contribution in [0.3, 0.4) is 0 Å². The molecule has 4 heteroatoms. The van der Waals surface area contributed by atoms with Gasteiger partial charge in [-0.3, -0.25) is 0 Å². The van der Waals surface area contributed by atoms with Crippen molar-refractivity contribution in [2.75, 3.05) is 25.6 Å². The molecule has 1 unspecified atom stereocenters. The summed E-state index contributed by atoms with van der Waals surface area (Å²) in [7, 11) is 1.64. The summed E-state index contributed by atoms with van der Waals surface area (Å²) in [6.45, 7) is 3.06. The number of ether oxygens (including phenoxy) is 1. The third-order valence-electron chi connectivity index (χ3n) is 2.61. The number of hydrogen-bond donors (Lipinski definition) is 2. The Morgan fingerprint density at radius 1 is 1.47 bits per heavy atom. The first-order valence-electron chi connectivity index (χ1n) is 5.89. The van der Waals surface area contributed by atoms with E-state index in [-0.39, 0.29) is 11.9 Å². The molecule has 1 atom stereocenters. The number of aryl methyl sites for hydroxylation is 1. The zero-order chi connectivity index (χ0) is 12.7. The van der Waals surface area contributed by atoms with Crippen LogP contribution in [0.4, 0.5) is 10.1 Å². The maximum absolute atomic E-state index is 13.6. The van der Waals surface area contributed by atoms with Crippen LogP contribution in [-0.2, 0) is 4.74 Å². The highest BCUT2D eigenvalue weighted by Gasteiger charge is 2.10. The number of nitrogens with one attached hydrogen (secondary N) is 1. The van der Waals surface area contributed by atoms with Crippen molar-refractivity contribution in [1.82, 2.24) is 0 Å². The maximum atomic E-state index is 13.6. The van der Waals surface area contributed by atoms with Crippen LogP contribution in [0.15, 0.2) is 18.2 Å². The normalized spacial score (nSPS) is 12.5. The molecular formula is C13H21FN2O. The summed E-state index contributed by atoms with van der Waals surface area (Å²) >= 11 is 0. The van der Waals surface area contributed by atoms with Gasteiger partial charge >= 0.3 is 0 Å². The van der Waals surface area contributed by atoms with Crippen molar-refractivity contribution in [3.8, 4) is 0 Å². The van der Waals surface area contributed by atoms with Gasteiger partial charge < -0.3 is 15.8 Å². The molecule has 0 saturated carbocycles. The zero-order valence-electron chi connectivity index (χ0n) is 10.5. The van der Waals surface area contributed by atoms with Crippen LogP contribution in [0.2, 0.25) is 0 Å². The molecule has 3 N–H and O–H groups in total. The monoisotopic (exact) mass is 240 g/mol. The number of rotatable bonds is 7. The Kier molecular flexibility index (Phi) is 5.94. The Balaban J connectivity index is 2.64. The van der Waals surface area contributed by atoms with Crippen molar-refractivity contribution in [2.24, 2.45) is 5.73 Å². The minimum Gasteiger partial charge on any atom is -0.383 e. The quantitative estimate of drug-likeness (QED) is 0.768. The summed E-state index contributed by atoms with van der Waals surface area (Å²) < 4.78 is 18.8. The third-order valence-corrected chi connectivity index (χ3v) is 2.61. The van der Waals surface area contributed by atoms with Gasteiger partial charge in [0.15, 0.2) is 0 Å². The van der Waals surface area contributed by atoms with Gasteiger partial charge in [-0.15, -0.1) is 0 Å². The van der Waals surface area contributed by atoms with E-state index in [0.717, 1.165) is 18.4 Å². The molecule has 0 spiro atoms. The largest absolute Gasteiger partial charge is 0.383 e. The van der Waals surface area contributed by atoms with Gasteiger partial charge in [-0.2, -0.15) is 0 Å². The summed E-state index contributed by atoms with van der Waals surface area (Å²) in [5, 5.41) is 3.15. The fourth-order valence-electron chi connectivity index (χ4n) is 1.72. The third kappa shape index (κ3) is 4.71. The van der Waals surface area contributed by atoms with Gasteiger partial charge in [-0.05, 0) is 44.0 Å². The molecule has 0 amide bonds. The molecule has 0 aliphatic rings. The van der Waals surface area contributed by atoms with Crippen LogP contribution >= 0.6 is 0 Å². The number of hydrogen-bond acceptors (Lipinski definition) is 3. The van der Waals surface area contributed by atoms with Gasteiger partial charge in [0.05, 0.1) is 12.3 Å². The molecule has 0 bridgehead atoms. The number of halogens is 1. The van der Waals surface area contributed by atoms with Gasteiger partial charge in [0.25, 0.3) is 0 Å². The van der Waals surface area contributed by atoms with Crippen LogP contribution < -0.4 is 11.1 Å². The number of anilines is 1. The minimum absolute atomic E-state index is 0.0979. The van der Waals surface area contributed by atoms with Crippen molar-refractivity contribution in [3.63, 3.8) is 0 Å². The molecule has 0 radical (unpaired) electrons. The van der Waals surface area contributed by atoms with Crippen LogP contribution in [0.5, 0.6) is 0 Å². The van der Waals surface area contributed by atoms with Gasteiger partial charge in [-0.25, -0.2) is 4.39 Å². The molecule has 1 rings (SSSR count). The topological polar surface area (TPSA) is 47.3 Å². The van der Waals surface area contributed by atoms with E-state index in [0.29, 0.717) is 18.8 Å². The van der Waals surface area contributed by atoms with Gasteiger partial charge in [0.2, 0.25) is 0 Å². The number of nitrogens with two attached hydrogens (primary N) is 1. The Morgan fingerprint density at radius 2 is 2.24 bits per heavy atom. The molecule has 0 fully saturated rings. The van der Waals surface area contributed by atoms with E-state index >= 15 is 0 Å². The van der Waals surface area contributed by atoms with Crippen molar-refractivity contribution >= 4 is 5.69 Å². The molecule has 0 aliphatic heterocycles. The van der Waals surface area contributed by atoms with Gasteiger partial charge in [-0.1, -0.05) is 6.07 Å². The van der Waals surface area contributed by atoms with Crippen LogP contribution in [0.1, 0.15) is 18.4 Å². The predicted octanol–water partition coefficient (Wildman–Crippen LogP) is 2.30. The minimum atomic E-state index is -0.223. The molecule has 0 heterocycles. The Hall–Kier alpha value is -1.13. The highest BCUT2D eigenvalue weighted by molar-refractivity contribution is 5.46. The average molecular weight is 240 g/mol. The van der Waals surface area contributed by atoms with Gasteiger partial charge in [0, 0.05) is 13.2 Å². The molecule has 3 nitrogen and oxygen atoms in total. The van der Waals surface area contributed by atoms with E-state index in [1.54, 1.807) is 13.2 Å². The second-order valence-electron chi connectivity index (χ2n) is 4.21. The van der Waals surface area contributed by atoms with Crippen molar-refractivity contribution in [3.05, 3.63) is 29.6 Å². The molecule has 1 aromatic carbocycles. The van der Waals surface area contributed by atoms with Crippen LogP contribution in [-0.4, -0.2) is 26.3 Å². The van der Waals surface area contributed by atoms with E-state index in [4.69, 9.17) is 10.5 Å². The molecule has 96 valence electrons. The Bertz CT molecular complexity index is 344. The predicted molar refractivity (Wildman–Crippen MR) is 68.7 cm³/mol. The lowest BCUT2D eigenvalue weighted by Crippen LogP contribution is -2.26. The maximum Gasteiger partial charge on any atom is 0.146 e. The first kappa shape index (κ1) is 13.9. The standard InChI is InChI=1S/C13H21FN2O/c1-10-5-6-13(12(14)8-10)16-11(9-17-2)4-3-7-15/h5-6,8,11,16H,3-4,7,9,15H2,1-2H3. The first-order chi connectivity index (χ1) is 8.17. The van der Waals surface area contributed by atoms with Crippen molar-refractivity contribution in [2.45, 2.75) is 25.8 Å². The number of methoxy groups -OCH3 is 1. The van der Waals surface area contributed by atoms with Gasteiger partial charge in [0.1, 0.15) is 5.82 Å². The van der Waals surface area contributed by atoms with E-state index in [9.17, 15) is 4.39 Å². The first-order valence-corrected chi connectivity index (χ1v) is 5.89.